The van der Waals surface area contributed by atoms with Crippen molar-refractivity contribution in [3.8, 4) is 11.5 Å². The molecule has 0 bridgehead atoms. The Morgan fingerprint density at radius 3 is 2.50 bits per heavy atom. The van der Waals surface area contributed by atoms with Crippen LogP contribution >= 0.6 is 11.6 Å². The third kappa shape index (κ3) is 4.33. The lowest BCUT2D eigenvalue weighted by Gasteiger charge is -2.50. The number of carboxylic acids is 1. The fraction of sp³-hybridized carbons (Fsp3) is 0.242. The minimum absolute atomic E-state index is 0.0655. The highest BCUT2D eigenvalue weighted by atomic mass is 35.5. The lowest BCUT2D eigenvalue weighted by molar-refractivity contribution is 0.0679. The first-order valence-corrected chi connectivity index (χ1v) is 13.6. The van der Waals surface area contributed by atoms with Crippen LogP contribution in [0.15, 0.2) is 88.9 Å². The molecule has 2 heterocycles. The predicted octanol–water partition coefficient (Wildman–Crippen LogP) is 7.75. The number of fused-ring (bicyclic) bond motifs is 2. The number of halogens is 1. The summed E-state index contributed by atoms with van der Waals surface area (Å²) in [6.07, 6.45) is 5.22. The quantitative estimate of drug-likeness (QED) is 0.262. The van der Waals surface area contributed by atoms with Gasteiger partial charge in [-0.25, -0.2) is 9.78 Å². The summed E-state index contributed by atoms with van der Waals surface area (Å²) >= 11 is 6.13. The molecule has 1 aliphatic carbocycles. The van der Waals surface area contributed by atoms with E-state index >= 15 is 0 Å². The van der Waals surface area contributed by atoms with Crippen LogP contribution in [0.3, 0.4) is 0 Å². The molecule has 0 spiro atoms. The maximum atomic E-state index is 14.0. The summed E-state index contributed by atoms with van der Waals surface area (Å²) in [4.78, 5) is 31.8. The Morgan fingerprint density at radius 2 is 1.75 bits per heavy atom. The normalized spacial score (nSPS) is 20.1. The number of hydrogen-bond acceptors (Lipinski definition) is 4. The van der Waals surface area contributed by atoms with Crippen LogP contribution < -0.4 is 0 Å². The highest BCUT2D eigenvalue weighted by Gasteiger charge is 2.46. The third-order valence-electron chi connectivity index (χ3n) is 8.28. The van der Waals surface area contributed by atoms with Gasteiger partial charge in [-0.1, -0.05) is 74.4 Å². The van der Waals surface area contributed by atoms with Gasteiger partial charge in [-0.15, -0.1) is 0 Å². The van der Waals surface area contributed by atoms with Crippen LogP contribution in [-0.4, -0.2) is 40.0 Å². The zero-order valence-corrected chi connectivity index (χ0v) is 23.3. The maximum absolute atomic E-state index is 14.0. The van der Waals surface area contributed by atoms with Gasteiger partial charge in [0.1, 0.15) is 5.52 Å². The third-order valence-corrected chi connectivity index (χ3v) is 8.51. The minimum Gasteiger partial charge on any atom is -0.478 e. The first kappa shape index (κ1) is 26.1. The fourth-order valence-electron chi connectivity index (χ4n) is 6.40. The molecular formula is C33H29ClN2O4. The van der Waals surface area contributed by atoms with Gasteiger partial charge in [-0.05, 0) is 60.0 Å². The van der Waals surface area contributed by atoms with Crippen molar-refractivity contribution in [3.63, 3.8) is 0 Å². The molecule has 202 valence electrons. The molecule has 40 heavy (non-hydrogen) atoms. The molecule has 1 aromatic heterocycles. The highest BCUT2D eigenvalue weighted by Crippen LogP contribution is 2.55. The van der Waals surface area contributed by atoms with Crippen molar-refractivity contribution in [2.75, 3.05) is 13.1 Å². The lowest BCUT2D eigenvalue weighted by atomic mass is 9.58. The number of rotatable bonds is 4. The number of aromatic nitrogens is 1. The number of carbonyl (C=O) groups excluding carboxylic acids is 1. The Morgan fingerprint density at radius 1 is 1.00 bits per heavy atom. The van der Waals surface area contributed by atoms with Gasteiger partial charge in [0.05, 0.1) is 11.1 Å². The molecular weight excluding hydrogens is 524 g/mol. The van der Waals surface area contributed by atoms with E-state index < -0.39 is 5.97 Å². The highest BCUT2D eigenvalue weighted by molar-refractivity contribution is 6.31. The van der Waals surface area contributed by atoms with Crippen molar-refractivity contribution in [2.24, 2.45) is 10.8 Å². The number of allylic oxidation sites excluding steroid dienone is 2. The summed E-state index contributed by atoms with van der Waals surface area (Å²) in [6.45, 7) is 7.71. The molecule has 1 N–H and O–H groups in total. The van der Waals surface area contributed by atoms with E-state index in [-0.39, 0.29) is 22.3 Å². The van der Waals surface area contributed by atoms with Crippen molar-refractivity contribution in [2.45, 2.75) is 27.2 Å². The summed E-state index contributed by atoms with van der Waals surface area (Å²) in [5, 5.41) is 9.86. The SMILES string of the molecule is CC1(C)C(c2ccc(C(=O)O)cc2)=CC[C@]2(C)CN(C(=O)c3ccccc3-c3nc4cc(Cl)ccc4o3)CC=C12. The summed E-state index contributed by atoms with van der Waals surface area (Å²) < 4.78 is 6.00. The minimum atomic E-state index is -0.933. The number of benzene rings is 3. The van der Waals surface area contributed by atoms with E-state index in [0.29, 0.717) is 46.2 Å². The monoisotopic (exact) mass is 552 g/mol. The van der Waals surface area contributed by atoms with E-state index in [1.165, 1.54) is 11.1 Å². The molecule has 6 nitrogen and oxygen atoms in total. The van der Waals surface area contributed by atoms with Gasteiger partial charge in [-0.3, -0.25) is 4.79 Å². The molecule has 1 amide bonds. The molecule has 0 saturated heterocycles. The second-order valence-electron chi connectivity index (χ2n) is 11.4. The Hall–Kier alpha value is -4.16. The average Bonchev–Trinajstić information content (AvgIpc) is 3.35. The largest absolute Gasteiger partial charge is 0.478 e. The van der Waals surface area contributed by atoms with E-state index in [4.69, 9.17) is 16.0 Å². The summed E-state index contributed by atoms with van der Waals surface area (Å²) in [5.74, 6) is -0.608. The molecule has 0 fully saturated rings. The number of amides is 1. The summed E-state index contributed by atoms with van der Waals surface area (Å²) in [6, 6.07) is 19.8. The van der Waals surface area contributed by atoms with Gasteiger partial charge in [0.15, 0.2) is 5.58 Å². The van der Waals surface area contributed by atoms with Crippen LogP contribution in [0, 0.1) is 10.8 Å². The average molecular weight is 553 g/mol. The van der Waals surface area contributed by atoms with Crippen LogP contribution in [0.5, 0.6) is 0 Å². The van der Waals surface area contributed by atoms with Gasteiger partial charge in [-0.2, -0.15) is 0 Å². The fourth-order valence-corrected chi connectivity index (χ4v) is 6.56. The second kappa shape index (κ2) is 9.49. The molecule has 0 saturated carbocycles. The summed E-state index contributed by atoms with van der Waals surface area (Å²) in [7, 11) is 0. The number of oxazole rings is 1. The van der Waals surface area contributed by atoms with Crippen LogP contribution in [0.4, 0.5) is 0 Å². The van der Waals surface area contributed by atoms with E-state index in [9.17, 15) is 14.7 Å². The van der Waals surface area contributed by atoms with Gasteiger partial charge in [0, 0.05) is 34.5 Å². The van der Waals surface area contributed by atoms with E-state index in [0.717, 1.165) is 12.0 Å². The number of carboxylic acid groups (broad SMARTS) is 1. The number of nitrogens with zero attached hydrogens (tertiary/aromatic N) is 2. The summed E-state index contributed by atoms with van der Waals surface area (Å²) in [5.41, 5.74) is 5.72. The van der Waals surface area contributed by atoms with Crippen LogP contribution in [0.1, 0.15) is 53.5 Å². The molecule has 4 aromatic rings. The molecule has 7 heteroatoms. The van der Waals surface area contributed by atoms with Crippen LogP contribution in [-0.2, 0) is 0 Å². The smallest absolute Gasteiger partial charge is 0.335 e. The van der Waals surface area contributed by atoms with Crippen molar-refractivity contribution in [1.29, 1.82) is 0 Å². The Labute approximate surface area is 237 Å². The molecule has 6 rings (SSSR count). The van der Waals surface area contributed by atoms with E-state index in [2.05, 4.69) is 37.9 Å². The standard InChI is InChI=1S/C33H29ClN2O4/c1-32(2)25(20-8-10-21(11-9-20)31(38)39)14-16-33(3)19-36(17-15-28(32)33)30(37)24-7-5-4-6-23(24)29-35-26-18-22(34)12-13-27(26)40-29/h4-15,18H,16-17,19H2,1-3H3,(H,38,39)/t33-/m1/s1. The van der Waals surface area contributed by atoms with Crippen molar-refractivity contribution in [3.05, 3.63) is 106 Å². The van der Waals surface area contributed by atoms with Crippen molar-refractivity contribution in [1.82, 2.24) is 9.88 Å². The topological polar surface area (TPSA) is 83.6 Å². The second-order valence-corrected chi connectivity index (χ2v) is 11.8. The molecule has 0 radical (unpaired) electrons. The van der Waals surface area contributed by atoms with Crippen molar-refractivity contribution < 1.29 is 19.1 Å². The number of carbonyl (C=O) groups is 2. The molecule has 2 aliphatic rings. The maximum Gasteiger partial charge on any atom is 0.335 e. The first-order chi connectivity index (χ1) is 19.1. The first-order valence-electron chi connectivity index (χ1n) is 13.3. The van der Waals surface area contributed by atoms with E-state index in [1.54, 1.807) is 30.3 Å². The van der Waals surface area contributed by atoms with E-state index in [1.807, 2.05) is 41.3 Å². The number of hydrogen-bond donors (Lipinski definition) is 1. The molecule has 0 unspecified atom stereocenters. The number of aromatic carboxylic acids is 1. The zero-order valence-electron chi connectivity index (χ0n) is 22.6. The van der Waals surface area contributed by atoms with Gasteiger partial charge in [0.25, 0.3) is 5.91 Å². The predicted molar refractivity (Wildman–Crippen MR) is 156 cm³/mol. The van der Waals surface area contributed by atoms with Gasteiger partial charge in [0.2, 0.25) is 5.89 Å². The molecule has 3 aromatic carbocycles. The van der Waals surface area contributed by atoms with Gasteiger partial charge >= 0.3 is 5.97 Å². The lowest BCUT2D eigenvalue weighted by Crippen LogP contribution is -2.48. The Kier molecular flexibility index (Phi) is 6.19. The zero-order chi connectivity index (χ0) is 28.2. The van der Waals surface area contributed by atoms with Crippen LogP contribution in [0.25, 0.3) is 28.1 Å². The van der Waals surface area contributed by atoms with Crippen LogP contribution in [0.2, 0.25) is 5.02 Å². The Bertz CT molecular complexity index is 1730. The molecule has 1 atom stereocenters. The van der Waals surface area contributed by atoms with Gasteiger partial charge < -0.3 is 14.4 Å². The molecule has 1 aliphatic heterocycles. The van der Waals surface area contributed by atoms with Crippen molar-refractivity contribution >= 4 is 40.2 Å². The Balaban J connectivity index is 1.30.